The highest BCUT2D eigenvalue weighted by Gasteiger charge is 2.39. The Morgan fingerprint density at radius 1 is 1.26 bits per heavy atom. The third-order valence-electron chi connectivity index (χ3n) is 4.28. The largest absolute Gasteiger partial charge is 0.382 e. The monoisotopic (exact) mass is 411 g/mol. The van der Waals surface area contributed by atoms with Crippen LogP contribution in [-0.4, -0.2) is 34.7 Å². The predicted octanol–water partition coefficient (Wildman–Crippen LogP) is 3.15. The molecule has 1 N–H and O–H groups in total. The molecule has 144 valence electrons. The Hall–Kier alpha value is -1.91. The van der Waals surface area contributed by atoms with Crippen LogP contribution in [-0.2, 0) is 24.9 Å². The molecule has 0 amide bonds. The molecule has 0 aliphatic heterocycles. The first-order chi connectivity index (χ1) is 12.9. The predicted molar refractivity (Wildman–Crippen MR) is 102 cm³/mol. The van der Waals surface area contributed by atoms with Gasteiger partial charge in [-0.3, -0.25) is 0 Å². The number of hydrogen-bond acceptors (Lipinski definition) is 6. The van der Waals surface area contributed by atoms with Gasteiger partial charge in [-0.2, -0.15) is 5.10 Å². The van der Waals surface area contributed by atoms with Gasteiger partial charge in [-0.05, 0) is 13.0 Å². The van der Waals surface area contributed by atoms with Gasteiger partial charge in [-0.1, -0.05) is 27.7 Å². The second kappa shape index (κ2) is 8.41. The van der Waals surface area contributed by atoms with E-state index in [4.69, 9.17) is 0 Å². The lowest BCUT2D eigenvalue weighted by Gasteiger charge is -2.34. The van der Waals surface area contributed by atoms with Gasteiger partial charge in [-0.25, -0.2) is 23.4 Å². The van der Waals surface area contributed by atoms with Crippen LogP contribution in [0.15, 0.2) is 43.4 Å². The molecule has 3 aromatic rings. The van der Waals surface area contributed by atoms with Crippen molar-refractivity contribution in [3.63, 3.8) is 0 Å². The molecule has 27 heavy (non-hydrogen) atoms. The van der Waals surface area contributed by atoms with Gasteiger partial charge in [-0.15, -0.1) is 0 Å². The molecule has 1 aromatic carbocycles. The molecule has 0 bridgehead atoms. The SMILES string of the molecule is C[C@@H](SSCc1cncn1C)[C@](O)(Cn1cncn1)c1ccc(F)cc1F. The summed E-state index contributed by atoms with van der Waals surface area (Å²) in [7, 11) is 4.86. The van der Waals surface area contributed by atoms with E-state index in [9.17, 15) is 13.9 Å². The Morgan fingerprint density at radius 2 is 2.07 bits per heavy atom. The molecule has 10 heteroatoms. The number of nitrogens with zero attached hydrogens (tertiary/aromatic N) is 5. The highest BCUT2D eigenvalue weighted by Crippen LogP contribution is 2.41. The molecule has 3 rings (SSSR count). The number of aromatic nitrogens is 5. The molecule has 0 radical (unpaired) electrons. The summed E-state index contributed by atoms with van der Waals surface area (Å²) >= 11 is 0. The summed E-state index contributed by atoms with van der Waals surface area (Å²) in [6.45, 7) is 1.80. The summed E-state index contributed by atoms with van der Waals surface area (Å²) in [5.41, 5.74) is -0.539. The van der Waals surface area contributed by atoms with Crippen molar-refractivity contribution in [1.29, 1.82) is 0 Å². The highest BCUT2D eigenvalue weighted by atomic mass is 33.1. The van der Waals surface area contributed by atoms with Gasteiger partial charge in [0.15, 0.2) is 0 Å². The summed E-state index contributed by atoms with van der Waals surface area (Å²) in [4.78, 5) is 7.94. The number of halogens is 2. The van der Waals surface area contributed by atoms with Gasteiger partial charge in [0.05, 0.1) is 12.9 Å². The summed E-state index contributed by atoms with van der Waals surface area (Å²) in [5.74, 6) is -0.802. The standard InChI is InChI=1S/C17H19F2N5OS2/c1-12(27-26-7-14-6-20-10-23(14)2)17(25,8-24-11-21-9-22-24)15-4-3-13(18)5-16(15)19/h3-6,9-12,25H,7-8H2,1-2H3/t12-,17-/m1/s1. The first kappa shape index (κ1) is 19.8. The second-order valence-corrected chi connectivity index (χ2v) is 8.85. The molecular weight excluding hydrogens is 392 g/mol. The number of hydrogen-bond donors (Lipinski definition) is 1. The van der Waals surface area contributed by atoms with Crippen molar-refractivity contribution in [1.82, 2.24) is 24.3 Å². The van der Waals surface area contributed by atoms with E-state index >= 15 is 0 Å². The molecule has 2 aromatic heterocycles. The van der Waals surface area contributed by atoms with Crippen LogP contribution in [0.2, 0.25) is 0 Å². The van der Waals surface area contributed by atoms with Crippen molar-refractivity contribution < 1.29 is 13.9 Å². The summed E-state index contributed by atoms with van der Waals surface area (Å²) in [5, 5.41) is 15.0. The van der Waals surface area contributed by atoms with Crippen LogP contribution < -0.4 is 0 Å². The van der Waals surface area contributed by atoms with Crippen molar-refractivity contribution in [2.45, 2.75) is 30.1 Å². The van der Waals surface area contributed by atoms with Crippen LogP contribution in [0.3, 0.4) is 0 Å². The molecule has 0 saturated heterocycles. The maximum absolute atomic E-state index is 14.5. The van der Waals surface area contributed by atoms with Crippen molar-refractivity contribution in [2.24, 2.45) is 7.05 Å². The minimum atomic E-state index is -1.60. The maximum Gasteiger partial charge on any atom is 0.137 e. The van der Waals surface area contributed by atoms with Crippen LogP contribution in [0.4, 0.5) is 8.78 Å². The minimum Gasteiger partial charge on any atom is -0.382 e. The molecule has 0 unspecified atom stereocenters. The van der Waals surface area contributed by atoms with Gasteiger partial charge in [0.25, 0.3) is 0 Å². The molecular formula is C17H19F2N5OS2. The normalized spacial score (nSPS) is 14.9. The Morgan fingerprint density at radius 3 is 2.70 bits per heavy atom. The first-order valence-corrected chi connectivity index (χ1v) is 10.5. The van der Waals surface area contributed by atoms with Crippen molar-refractivity contribution >= 4 is 21.6 Å². The lowest BCUT2D eigenvalue weighted by Crippen LogP contribution is -2.41. The maximum atomic E-state index is 14.5. The molecule has 6 nitrogen and oxygen atoms in total. The van der Waals surface area contributed by atoms with Crippen molar-refractivity contribution in [3.05, 3.63) is 66.3 Å². The molecule has 2 heterocycles. The minimum absolute atomic E-state index is 0.00398. The lowest BCUT2D eigenvalue weighted by atomic mass is 9.90. The van der Waals surface area contributed by atoms with Gasteiger partial charge >= 0.3 is 0 Å². The highest BCUT2D eigenvalue weighted by molar-refractivity contribution is 8.76. The quantitative estimate of drug-likeness (QED) is 0.575. The molecule has 0 fully saturated rings. The fourth-order valence-electron chi connectivity index (χ4n) is 2.63. The average molecular weight is 412 g/mol. The average Bonchev–Trinajstić information content (AvgIpc) is 3.26. The molecule has 0 aliphatic carbocycles. The van der Waals surface area contributed by atoms with Crippen LogP contribution in [0, 0.1) is 11.6 Å². The van der Waals surface area contributed by atoms with Crippen LogP contribution in [0.25, 0.3) is 0 Å². The fourth-order valence-corrected chi connectivity index (χ4v) is 5.32. The van der Waals surface area contributed by atoms with E-state index in [1.807, 2.05) is 11.6 Å². The zero-order valence-corrected chi connectivity index (χ0v) is 16.4. The molecule has 2 atom stereocenters. The summed E-state index contributed by atoms with van der Waals surface area (Å²) in [6.07, 6.45) is 6.29. The van der Waals surface area contributed by atoms with E-state index in [1.165, 1.54) is 45.0 Å². The number of rotatable bonds is 8. The van der Waals surface area contributed by atoms with E-state index in [1.54, 1.807) is 19.4 Å². The van der Waals surface area contributed by atoms with Gasteiger partial charge in [0.2, 0.25) is 0 Å². The first-order valence-electron chi connectivity index (χ1n) is 8.14. The van der Waals surface area contributed by atoms with Crippen molar-refractivity contribution in [2.75, 3.05) is 0 Å². The topological polar surface area (TPSA) is 68.8 Å². The van der Waals surface area contributed by atoms with Gasteiger partial charge in [0, 0.05) is 41.6 Å². The Kier molecular flexibility index (Phi) is 6.18. The molecule has 0 aliphatic rings. The number of imidazole rings is 1. The summed E-state index contributed by atoms with van der Waals surface area (Å²) < 4.78 is 31.2. The van der Waals surface area contributed by atoms with E-state index in [0.29, 0.717) is 5.75 Å². The third-order valence-corrected chi connectivity index (χ3v) is 7.13. The van der Waals surface area contributed by atoms with E-state index in [2.05, 4.69) is 15.1 Å². The lowest BCUT2D eigenvalue weighted by molar-refractivity contribution is 0.0137. The molecule has 0 saturated carbocycles. The second-order valence-electron chi connectivity index (χ2n) is 6.14. The van der Waals surface area contributed by atoms with Crippen molar-refractivity contribution in [3.8, 4) is 0 Å². The fraction of sp³-hybridized carbons (Fsp3) is 0.353. The molecule has 0 spiro atoms. The van der Waals surface area contributed by atoms with E-state index in [-0.39, 0.29) is 12.1 Å². The van der Waals surface area contributed by atoms with Crippen LogP contribution >= 0.6 is 21.6 Å². The third kappa shape index (κ3) is 4.50. The Labute approximate surface area is 163 Å². The van der Waals surface area contributed by atoms with Crippen LogP contribution in [0.1, 0.15) is 18.2 Å². The van der Waals surface area contributed by atoms with E-state index in [0.717, 1.165) is 17.8 Å². The van der Waals surface area contributed by atoms with E-state index < -0.39 is 22.5 Å². The number of benzene rings is 1. The smallest absolute Gasteiger partial charge is 0.137 e. The zero-order chi connectivity index (χ0) is 19.4. The van der Waals surface area contributed by atoms with Gasteiger partial charge < -0.3 is 9.67 Å². The zero-order valence-electron chi connectivity index (χ0n) is 14.8. The van der Waals surface area contributed by atoms with Crippen LogP contribution in [0.5, 0.6) is 0 Å². The number of aliphatic hydroxyl groups is 1. The number of aryl methyl sites for hydroxylation is 1. The van der Waals surface area contributed by atoms with Gasteiger partial charge in [0.1, 0.15) is 29.9 Å². The Balaban J connectivity index is 1.81. The summed E-state index contributed by atoms with van der Waals surface area (Å²) in [6, 6.07) is 3.21. The Bertz CT molecular complexity index is 889.